The second-order valence-corrected chi connectivity index (χ2v) is 4.44. The topological polar surface area (TPSA) is 96.9 Å². The summed E-state index contributed by atoms with van der Waals surface area (Å²) in [6.07, 6.45) is 0. The molecular weight excluding hydrogens is 270 g/mol. The molecule has 7 heteroatoms. The van der Waals surface area contributed by atoms with E-state index in [-0.39, 0.29) is 5.84 Å². The maximum Gasteiger partial charge on any atom is 0.230 e. The van der Waals surface area contributed by atoms with Gasteiger partial charge in [0.1, 0.15) is 11.4 Å². The van der Waals surface area contributed by atoms with Gasteiger partial charge in [-0.3, -0.25) is 0 Å². The first-order valence-electron chi connectivity index (χ1n) is 6.26. The Morgan fingerprint density at radius 2 is 1.95 bits per heavy atom. The fourth-order valence-electron chi connectivity index (χ4n) is 1.81. The predicted molar refractivity (Wildman–Crippen MR) is 80.3 cm³/mol. The summed E-state index contributed by atoms with van der Waals surface area (Å²) in [5, 5.41) is 11.7. The van der Waals surface area contributed by atoms with E-state index < -0.39 is 0 Å². The normalized spacial score (nSPS) is 11.3. The Kier molecular flexibility index (Phi) is 4.22. The number of aromatic nitrogens is 2. The Balaban J connectivity index is 2.37. The minimum atomic E-state index is -0.0510. The maximum absolute atomic E-state index is 8.76. The van der Waals surface area contributed by atoms with Crippen LogP contribution in [0, 0.1) is 6.92 Å². The molecule has 0 unspecified atom stereocenters. The Labute approximate surface area is 122 Å². The summed E-state index contributed by atoms with van der Waals surface area (Å²) in [6.45, 7) is 1.82. The average molecular weight is 287 g/mol. The van der Waals surface area contributed by atoms with Crippen LogP contribution in [0.5, 0.6) is 5.75 Å². The van der Waals surface area contributed by atoms with Crippen LogP contribution in [0.3, 0.4) is 0 Å². The highest BCUT2D eigenvalue weighted by Crippen LogP contribution is 2.23. The molecule has 1 heterocycles. The molecule has 0 aliphatic rings. The zero-order valence-electron chi connectivity index (χ0n) is 12.1. The van der Waals surface area contributed by atoms with Crippen molar-refractivity contribution < 1.29 is 9.94 Å². The van der Waals surface area contributed by atoms with E-state index in [0.29, 0.717) is 11.6 Å². The molecule has 0 aliphatic heterocycles. The van der Waals surface area contributed by atoms with Crippen LogP contribution in [-0.4, -0.2) is 35.2 Å². The molecular formula is C14H17N5O2. The fraction of sp³-hybridized carbons (Fsp3) is 0.214. The van der Waals surface area contributed by atoms with Gasteiger partial charge in [-0.2, -0.15) is 0 Å². The van der Waals surface area contributed by atoms with E-state index in [1.165, 1.54) is 0 Å². The number of nitrogens with zero attached hydrogens (tertiary/aromatic N) is 4. The molecule has 3 N–H and O–H groups in total. The van der Waals surface area contributed by atoms with Crippen LogP contribution in [0.15, 0.2) is 35.5 Å². The van der Waals surface area contributed by atoms with Crippen LogP contribution in [0.25, 0.3) is 0 Å². The largest absolute Gasteiger partial charge is 0.497 e. The molecule has 0 radical (unpaired) electrons. The van der Waals surface area contributed by atoms with E-state index in [4.69, 9.17) is 15.7 Å². The molecule has 0 atom stereocenters. The molecule has 2 aromatic rings. The van der Waals surface area contributed by atoms with Crippen LogP contribution in [0.1, 0.15) is 11.4 Å². The van der Waals surface area contributed by atoms with Gasteiger partial charge in [-0.15, -0.1) is 0 Å². The molecule has 1 aromatic carbocycles. The summed E-state index contributed by atoms with van der Waals surface area (Å²) >= 11 is 0. The standard InChI is InChI=1S/C14H17N5O2/c1-9-8-12(13(15)18-20)17-14(16-9)19(2)10-4-6-11(21-3)7-5-10/h4-8,20H,1-3H3,(H2,15,18). The third-order valence-electron chi connectivity index (χ3n) is 2.97. The van der Waals surface area contributed by atoms with Crippen molar-refractivity contribution in [2.24, 2.45) is 10.9 Å². The van der Waals surface area contributed by atoms with Gasteiger partial charge in [-0.25, -0.2) is 9.97 Å². The minimum absolute atomic E-state index is 0.0510. The van der Waals surface area contributed by atoms with Gasteiger partial charge < -0.3 is 20.6 Å². The van der Waals surface area contributed by atoms with E-state index in [2.05, 4.69) is 15.1 Å². The van der Waals surface area contributed by atoms with E-state index in [0.717, 1.165) is 17.1 Å². The Bertz CT molecular complexity index is 655. The van der Waals surface area contributed by atoms with Crippen LogP contribution < -0.4 is 15.4 Å². The predicted octanol–water partition coefficient (Wildman–Crippen LogP) is 1.66. The van der Waals surface area contributed by atoms with E-state index >= 15 is 0 Å². The first-order chi connectivity index (χ1) is 10.0. The van der Waals surface area contributed by atoms with Gasteiger partial charge in [-0.05, 0) is 37.3 Å². The summed E-state index contributed by atoms with van der Waals surface area (Å²) in [4.78, 5) is 10.5. The Morgan fingerprint density at radius 1 is 1.29 bits per heavy atom. The summed E-state index contributed by atoms with van der Waals surface area (Å²) in [5.41, 5.74) is 7.58. The van der Waals surface area contributed by atoms with Crippen LogP contribution in [0.2, 0.25) is 0 Å². The van der Waals surface area contributed by atoms with Gasteiger partial charge in [0.2, 0.25) is 5.95 Å². The minimum Gasteiger partial charge on any atom is -0.497 e. The molecule has 1 aromatic heterocycles. The Morgan fingerprint density at radius 3 is 2.52 bits per heavy atom. The number of anilines is 2. The monoisotopic (exact) mass is 287 g/mol. The maximum atomic E-state index is 8.76. The van der Waals surface area contributed by atoms with Gasteiger partial charge in [0.15, 0.2) is 5.84 Å². The SMILES string of the molecule is COc1ccc(N(C)c2nc(C)cc(/C(N)=N/O)n2)cc1. The number of methoxy groups -OCH3 is 1. The number of benzene rings is 1. The van der Waals surface area contributed by atoms with Crippen molar-refractivity contribution in [2.45, 2.75) is 6.92 Å². The number of nitrogens with two attached hydrogens (primary N) is 1. The molecule has 21 heavy (non-hydrogen) atoms. The summed E-state index contributed by atoms with van der Waals surface area (Å²) in [5.74, 6) is 1.18. The molecule has 0 saturated carbocycles. The third kappa shape index (κ3) is 3.19. The van der Waals surface area contributed by atoms with E-state index in [1.54, 1.807) is 18.1 Å². The van der Waals surface area contributed by atoms with Crippen molar-refractivity contribution in [3.8, 4) is 5.75 Å². The van der Waals surface area contributed by atoms with Gasteiger partial charge >= 0.3 is 0 Å². The zero-order valence-corrected chi connectivity index (χ0v) is 12.1. The Hall–Kier alpha value is -2.83. The molecule has 0 bridgehead atoms. The van der Waals surface area contributed by atoms with Crippen molar-refractivity contribution in [3.05, 3.63) is 41.7 Å². The third-order valence-corrected chi connectivity index (χ3v) is 2.97. The highest BCUT2D eigenvalue weighted by Gasteiger charge is 2.11. The van der Waals surface area contributed by atoms with Crippen molar-refractivity contribution in [1.29, 1.82) is 0 Å². The van der Waals surface area contributed by atoms with E-state index in [1.807, 2.05) is 38.2 Å². The average Bonchev–Trinajstić information content (AvgIpc) is 2.52. The lowest BCUT2D eigenvalue weighted by molar-refractivity contribution is 0.318. The fourth-order valence-corrected chi connectivity index (χ4v) is 1.81. The number of rotatable bonds is 4. The lowest BCUT2D eigenvalue weighted by Crippen LogP contribution is -2.20. The van der Waals surface area contributed by atoms with Crippen LogP contribution in [-0.2, 0) is 0 Å². The van der Waals surface area contributed by atoms with Crippen molar-refractivity contribution in [1.82, 2.24) is 9.97 Å². The summed E-state index contributed by atoms with van der Waals surface area (Å²) in [6, 6.07) is 9.15. The van der Waals surface area contributed by atoms with Crippen LogP contribution in [0.4, 0.5) is 11.6 Å². The van der Waals surface area contributed by atoms with Crippen LogP contribution >= 0.6 is 0 Å². The number of amidine groups is 1. The number of aryl methyl sites for hydroxylation is 1. The number of hydrogen-bond acceptors (Lipinski definition) is 6. The van der Waals surface area contributed by atoms with Gasteiger partial charge in [0, 0.05) is 18.4 Å². The lowest BCUT2D eigenvalue weighted by atomic mass is 10.3. The van der Waals surface area contributed by atoms with Gasteiger partial charge in [-0.1, -0.05) is 5.16 Å². The molecule has 0 saturated heterocycles. The van der Waals surface area contributed by atoms with Gasteiger partial charge in [0.25, 0.3) is 0 Å². The lowest BCUT2D eigenvalue weighted by Gasteiger charge is -2.18. The second-order valence-electron chi connectivity index (χ2n) is 4.44. The van der Waals surface area contributed by atoms with Crippen molar-refractivity contribution in [2.75, 3.05) is 19.1 Å². The van der Waals surface area contributed by atoms with E-state index in [9.17, 15) is 0 Å². The smallest absolute Gasteiger partial charge is 0.230 e. The highest BCUT2D eigenvalue weighted by molar-refractivity contribution is 5.95. The molecule has 0 amide bonds. The number of oxime groups is 1. The molecule has 0 fully saturated rings. The first kappa shape index (κ1) is 14.6. The zero-order chi connectivity index (χ0) is 15.4. The van der Waals surface area contributed by atoms with Gasteiger partial charge in [0.05, 0.1) is 7.11 Å². The van der Waals surface area contributed by atoms with Crippen molar-refractivity contribution in [3.63, 3.8) is 0 Å². The number of hydrogen-bond donors (Lipinski definition) is 2. The van der Waals surface area contributed by atoms with Crippen molar-refractivity contribution >= 4 is 17.5 Å². The highest BCUT2D eigenvalue weighted by atomic mass is 16.5. The quantitative estimate of drug-likeness (QED) is 0.384. The molecule has 0 aliphatic carbocycles. The summed E-state index contributed by atoms with van der Waals surface area (Å²) in [7, 11) is 3.46. The summed E-state index contributed by atoms with van der Waals surface area (Å²) < 4.78 is 5.13. The molecule has 0 spiro atoms. The molecule has 110 valence electrons. The molecule has 7 nitrogen and oxygen atoms in total. The second kappa shape index (κ2) is 6.08. The first-order valence-corrected chi connectivity index (χ1v) is 6.26. The molecule has 2 rings (SSSR count). The number of ether oxygens (including phenoxy) is 1.